The van der Waals surface area contributed by atoms with Gasteiger partial charge in [-0.2, -0.15) is 0 Å². The second-order valence-corrected chi connectivity index (χ2v) is 7.98. The Bertz CT molecular complexity index is 604. The first kappa shape index (κ1) is 16.6. The van der Waals surface area contributed by atoms with E-state index in [0.29, 0.717) is 13.0 Å². The normalized spacial score (nSPS) is 21.1. The molecule has 2 N–H and O–H groups in total. The van der Waals surface area contributed by atoms with Gasteiger partial charge in [0.25, 0.3) is 0 Å². The van der Waals surface area contributed by atoms with E-state index in [4.69, 9.17) is 0 Å². The zero-order valence-electron chi connectivity index (χ0n) is 13.0. The van der Waals surface area contributed by atoms with Gasteiger partial charge in [0.2, 0.25) is 0 Å². The fourth-order valence-electron chi connectivity index (χ4n) is 2.44. The molecule has 1 heterocycles. The van der Waals surface area contributed by atoms with Crippen LogP contribution in [0.5, 0.6) is 0 Å². The molecular formula is C15H23N3O3S. The van der Waals surface area contributed by atoms with Crippen LogP contribution >= 0.6 is 0 Å². The predicted octanol–water partition coefficient (Wildman–Crippen LogP) is 0.998. The highest BCUT2D eigenvalue weighted by Crippen LogP contribution is 2.14. The highest BCUT2D eigenvalue weighted by molar-refractivity contribution is 7.91. The van der Waals surface area contributed by atoms with E-state index in [0.717, 1.165) is 5.69 Å². The van der Waals surface area contributed by atoms with Crippen LogP contribution in [0.25, 0.3) is 0 Å². The molecule has 1 aromatic rings. The summed E-state index contributed by atoms with van der Waals surface area (Å²) in [6.45, 7) is 2.50. The summed E-state index contributed by atoms with van der Waals surface area (Å²) in [6, 6.07) is 9.48. The fraction of sp³-hybridized carbons (Fsp3) is 0.533. The van der Waals surface area contributed by atoms with E-state index >= 15 is 0 Å². The Kier molecular flexibility index (Phi) is 5.28. The largest absolute Gasteiger partial charge is 0.370 e. The third-order valence-corrected chi connectivity index (χ3v) is 5.72. The Morgan fingerprint density at radius 3 is 2.64 bits per heavy atom. The lowest BCUT2D eigenvalue weighted by molar-refractivity contribution is 0.237. The second kappa shape index (κ2) is 7.00. The number of nitrogens with one attached hydrogen (secondary N) is 2. The van der Waals surface area contributed by atoms with Crippen molar-refractivity contribution in [2.24, 2.45) is 0 Å². The van der Waals surface area contributed by atoms with Crippen molar-refractivity contribution in [3.63, 3.8) is 0 Å². The molecule has 0 saturated carbocycles. The number of sulfone groups is 1. The van der Waals surface area contributed by atoms with Gasteiger partial charge >= 0.3 is 6.03 Å². The van der Waals surface area contributed by atoms with Crippen molar-refractivity contribution in [1.82, 2.24) is 10.6 Å². The van der Waals surface area contributed by atoms with Gasteiger partial charge in [0.05, 0.1) is 11.5 Å². The van der Waals surface area contributed by atoms with E-state index in [-0.39, 0.29) is 29.6 Å². The topological polar surface area (TPSA) is 78.5 Å². The van der Waals surface area contributed by atoms with Crippen LogP contribution in [-0.2, 0) is 9.84 Å². The minimum absolute atomic E-state index is 0.0416. The average Bonchev–Trinajstić information content (AvgIpc) is 2.83. The molecule has 7 heteroatoms. The number of rotatable bonds is 5. The van der Waals surface area contributed by atoms with E-state index < -0.39 is 9.84 Å². The minimum Gasteiger partial charge on any atom is -0.370 e. The molecule has 1 aromatic carbocycles. The van der Waals surface area contributed by atoms with Crippen molar-refractivity contribution < 1.29 is 13.2 Å². The van der Waals surface area contributed by atoms with Crippen LogP contribution in [0.2, 0.25) is 0 Å². The molecule has 1 aliphatic heterocycles. The number of carbonyl (C=O) groups is 1. The third-order valence-electron chi connectivity index (χ3n) is 3.95. The summed E-state index contributed by atoms with van der Waals surface area (Å²) in [5.41, 5.74) is 1.08. The van der Waals surface area contributed by atoms with Crippen LogP contribution in [0.15, 0.2) is 30.3 Å². The molecule has 22 heavy (non-hydrogen) atoms. The molecule has 0 radical (unpaired) electrons. The molecule has 0 aromatic heterocycles. The highest BCUT2D eigenvalue weighted by atomic mass is 32.2. The smallest absolute Gasteiger partial charge is 0.315 e. The fourth-order valence-corrected chi connectivity index (χ4v) is 4.11. The van der Waals surface area contributed by atoms with Gasteiger partial charge < -0.3 is 15.5 Å². The Morgan fingerprint density at radius 1 is 1.36 bits per heavy atom. The van der Waals surface area contributed by atoms with Gasteiger partial charge in [-0.3, -0.25) is 0 Å². The zero-order valence-corrected chi connectivity index (χ0v) is 13.8. The van der Waals surface area contributed by atoms with Gasteiger partial charge in [-0.25, -0.2) is 13.2 Å². The van der Waals surface area contributed by atoms with Gasteiger partial charge in [0.15, 0.2) is 9.84 Å². The molecule has 2 amide bonds. The van der Waals surface area contributed by atoms with Crippen molar-refractivity contribution in [3.8, 4) is 0 Å². The lowest BCUT2D eigenvalue weighted by Gasteiger charge is -2.27. The quantitative estimate of drug-likeness (QED) is 0.846. The number of para-hydroxylation sites is 1. The summed E-state index contributed by atoms with van der Waals surface area (Å²) < 4.78 is 22.7. The Morgan fingerprint density at radius 2 is 2.05 bits per heavy atom. The molecule has 1 fully saturated rings. The van der Waals surface area contributed by atoms with Crippen LogP contribution in [-0.4, -0.2) is 51.6 Å². The minimum atomic E-state index is -2.97. The Hall–Kier alpha value is -1.76. The third kappa shape index (κ3) is 4.62. The van der Waals surface area contributed by atoms with Crippen LogP contribution in [0.4, 0.5) is 10.5 Å². The van der Waals surface area contributed by atoms with E-state index in [1.165, 1.54) is 0 Å². The number of benzene rings is 1. The van der Waals surface area contributed by atoms with Crippen LogP contribution in [0.3, 0.4) is 0 Å². The number of hydrogen-bond donors (Lipinski definition) is 2. The molecular weight excluding hydrogens is 302 g/mol. The summed E-state index contributed by atoms with van der Waals surface area (Å²) in [7, 11) is -0.997. The number of carbonyl (C=O) groups excluding carboxylic acids is 1. The summed E-state index contributed by atoms with van der Waals surface area (Å²) in [6.07, 6.45) is 0.495. The summed E-state index contributed by atoms with van der Waals surface area (Å²) in [5, 5.41) is 5.52. The maximum atomic E-state index is 11.8. The van der Waals surface area contributed by atoms with Gasteiger partial charge in [-0.1, -0.05) is 18.2 Å². The van der Waals surface area contributed by atoms with E-state index in [1.54, 1.807) is 0 Å². The van der Waals surface area contributed by atoms with Gasteiger partial charge in [-0.05, 0) is 25.5 Å². The van der Waals surface area contributed by atoms with E-state index in [9.17, 15) is 13.2 Å². The Balaban J connectivity index is 1.76. The molecule has 0 spiro atoms. The van der Waals surface area contributed by atoms with Crippen molar-refractivity contribution in [3.05, 3.63) is 30.3 Å². The summed E-state index contributed by atoms with van der Waals surface area (Å²) in [4.78, 5) is 13.9. The van der Waals surface area contributed by atoms with E-state index in [2.05, 4.69) is 15.5 Å². The number of hydrogen-bond acceptors (Lipinski definition) is 4. The number of urea groups is 1. The maximum Gasteiger partial charge on any atom is 0.315 e. The van der Waals surface area contributed by atoms with Crippen molar-refractivity contribution in [2.45, 2.75) is 25.4 Å². The monoisotopic (exact) mass is 325 g/mol. The first-order valence-corrected chi connectivity index (χ1v) is 9.22. The molecule has 2 unspecified atom stereocenters. The van der Waals surface area contributed by atoms with Crippen LogP contribution < -0.4 is 15.5 Å². The number of likely N-dealkylation sites (N-methyl/N-ethyl adjacent to an activating group) is 1. The van der Waals surface area contributed by atoms with Crippen LogP contribution in [0.1, 0.15) is 13.3 Å². The molecule has 0 bridgehead atoms. The predicted molar refractivity (Wildman–Crippen MR) is 87.9 cm³/mol. The van der Waals surface area contributed by atoms with Gasteiger partial charge in [-0.15, -0.1) is 0 Å². The highest BCUT2D eigenvalue weighted by Gasteiger charge is 2.28. The Labute approximate surface area is 131 Å². The summed E-state index contributed by atoms with van der Waals surface area (Å²) >= 11 is 0. The molecule has 2 rings (SSSR count). The van der Waals surface area contributed by atoms with Crippen LogP contribution in [0, 0.1) is 0 Å². The lowest BCUT2D eigenvalue weighted by Crippen LogP contribution is -2.47. The summed E-state index contributed by atoms with van der Waals surface area (Å²) in [5.74, 6) is 0.199. The zero-order chi connectivity index (χ0) is 16.2. The maximum absolute atomic E-state index is 11.8. The number of anilines is 1. The van der Waals surface area contributed by atoms with Crippen molar-refractivity contribution >= 4 is 21.6 Å². The SMILES string of the molecule is CC(CNC(=O)NC1CCS(=O)(=O)C1)N(C)c1ccccc1. The van der Waals surface area contributed by atoms with E-state index in [1.807, 2.05) is 44.3 Å². The molecule has 6 nitrogen and oxygen atoms in total. The average molecular weight is 325 g/mol. The number of nitrogens with zero attached hydrogens (tertiary/aromatic N) is 1. The van der Waals surface area contributed by atoms with Gasteiger partial charge in [0, 0.05) is 31.4 Å². The number of amides is 2. The first-order chi connectivity index (χ1) is 10.4. The van der Waals surface area contributed by atoms with Crippen molar-refractivity contribution in [2.75, 3.05) is 30.0 Å². The molecule has 122 valence electrons. The molecule has 2 atom stereocenters. The molecule has 0 aliphatic carbocycles. The molecule has 1 aliphatic rings. The standard InChI is InChI=1S/C15H23N3O3S/c1-12(18(2)14-6-4-3-5-7-14)10-16-15(19)17-13-8-9-22(20,21)11-13/h3-7,12-13H,8-11H2,1-2H3,(H2,16,17,19). The van der Waals surface area contributed by atoms with Gasteiger partial charge in [0.1, 0.15) is 0 Å². The second-order valence-electron chi connectivity index (χ2n) is 5.75. The molecule has 1 saturated heterocycles. The lowest BCUT2D eigenvalue weighted by atomic mass is 10.2. The first-order valence-electron chi connectivity index (χ1n) is 7.40. The van der Waals surface area contributed by atoms with Crippen molar-refractivity contribution in [1.29, 1.82) is 0 Å².